The second-order valence-electron chi connectivity index (χ2n) is 4.37. The summed E-state index contributed by atoms with van der Waals surface area (Å²) in [6.07, 6.45) is 5.44. The van der Waals surface area contributed by atoms with E-state index in [-0.39, 0.29) is 17.7 Å². The van der Waals surface area contributed by atoms with Crippen LogP contribution in [0.3, 0.4) is 0 Å². The van der Waals surface area contributed by atoms with Crippen LogP contribution < -0.4 is 5.73 Å². The zero-order chi connectivity index (χ0) is 11.5. The minimum Gasteiger partial charge on any atom is -0.327 e. The van der Waals surface area contributed by atoms with Gasteiger partial charge in [-0.15, -0.1) is 11.3 Å². The largest absolute Gasteiger partial charge is 0.327 e. The van der Waals surface area contributed by atoms with E-state index in [0.29, 0.717) is 0 Å². The Morgan fingerprint density at radius 1 is 1.38 bits per heavy atom. The molecule has 88 valence electrons. The van der Waals surface area contributed by atoms with Crippen LogP contribution in [-0.2, 0) is 0 Å². The number of ketones is 1. The molecule has 1 aliphatic carbocycles. The van der Waals surface area contributed by atoms with Crippen molar-refractivity contribution in [2.24, 2.45) is 11.7 Å². The molecular formula is C12H16BrNOS. The smallest absolute Gasteiger partial charge is 0.178 e. The van der Waals surface area contributed by atoms with Crippen LogP contribution in [0.1, 0.15) is 41.8 Å². The summed E-state index contributed by atoms with van der Waals surface area (Å²) in [7, 11) is 0. The van der Waals surface area contributed by atoms with E-state index in [1.807, 2.05) is 11.4 Å². The topological polar surface area (TPSA) is 43.1 Å². The Kier molecular flexibility index (Phi) is 4.16. The molecule has 1 fully saturated rings. The standard InChI is InChI=1S/C12H16BrNOS/c13-9-6-7-16-12(9)11(15)8-4-2-1-3-5-10(8)14/h6-8,10H,1-5,14H2. The highest BCUT2D eigenvalue weighted by molar-refractivity contribution is 9.10. The van der Waals surface area contributed by atoms with Crippen molar-refractivity contribution in [3.05, 3.63) is 20.8 Å². The van der Waals surface area contributed by atoms with Gasteiger partial charge in [0.15, 0.2) is 5.78 Å². The van der Waals surface area contributed by atoms with Crippen molar-refractivity contribution in [2.75, 3.05) is 0 Å². The third-order valence-electron chi connectivity index (χ3n) is 3.25. The van der Waals surface area contributed by atoms with E-state index < -0.39 is 0 Å². The minimum atomic E-state index is 0.0254. The molecule has 2 unspecified atom stereocenters. The fourth-order valence-electron chi connectivity index (χ4n) is 2.30. The van der Waals surface area contributed by atoms with Gasteiger partial charge in [0.1, 0.15) is 0 Å². The van der Waals surface area contributed by atoms with Gasteiger partial charge < -0.3 is 5.73 Å². The summed E-state index contributed by atoms with van der Waals surface area (Å²) < 4.78 is 0.916. The Morgan fingerprint density at radius 3 is 2.81 bits per heavy atom. The maximum Gasteiger partial charge on any atom is 0.178 e. The molecule has 0 aliphatic heterocycles. The molecule has 1 aromatic rings. The van der Waals surface area contributed by atoms with Crippen molar-refractivity contribution in [1.82, 2.24) is 0 Å². The summed E-state index contributed by atoms with van der Waals surface area (Å²) in [6, 6.07) is 1.98. The van der Waals surface area contributed by atoms with E-state index in [9.17, 15) is 4.79 Å². The number of halogens is 1. The molecule has 0 bridgehead atoms. The number of carbonyl (C=O) groups is 1. The van der Waals surface area contributed by atoms with Crippen LogP contribution in [0.15, 0.2) is 15.9 Å². The van der Waals surface area contributed by atoms with Gasteiger partial charge in [-0.25, -0.2) is 0 Å². The van der Waals surface area contributed by atoms with Gasteiger partial charge in [0.2, 0.25) is 0 Å². The Morgan fingerprint density at radius 2 is 2.12 bits per heavy atom. The predicted octanol–water partition coefficient (Wildman–Crippen LogP) is 3.60. The molecule has 1 saturated carbocycles. The van der Waals surface area contributed by atoms with E-state index in [4.69, 9.17) is 5.73 Å². The molecule has 0 aromatic carbocycles. The fraction of sp³-hybridized carbons (Fsp3) is 0.583. The second-order valence-corrected chi connectivity index (χ2v) is 6.14. The zero-order valence-corrected chi connectivity index (χ0v) is 11.5. The van der Waals surface area contributed by atoms with Gasteiger partial charge in [-0.1, -0.05) is 19.3 Å². The lowest BCUT2D eigenvalue weighted by Crippen LogP contribution is -2.34. The van der Waals surface area contributed by atoms with Crippen molar-refractivity contribution >= 4 is 33.0 Å². The van der Waals surface area contributed by atoms with Crippen LogP contribution in [0.5, 0.6) is 0 Å². The first kappa shape index (κ1) is 12.3. The molecule has 2 atom stereocenters. The van der Waals surface area contributed by atoms with E-state index in [0.717, 1.165) is 35.0 Å². The number of hydrogen-bond acceptors (Lipinski definition) is 3. The highest BCUT2D eigenvalue weighted by atomic mass is 79.9. The lowest BCUT2D eigenvalue weighted by molar-refractivity contribution is 0.0898. The summed E-state index contributed by atoms with van der Waals surface area (Å²) in [4.78, 5) is 13.2. The molecule has 0 spiro atoms. The number of thiophene rings is 1. The average molecular weight is 302 g/mol. The molecular weight excluding hydrogens is 286 g/mol. The molecule has 4 heteroatoms. The number of rotatable bonds is 2. The van der Waals surface area contributed by atoms with Gasteiger partial charge in [0.05, 0.1) is 4.88 Å². The SMILES string of the molecule is NC1CCCCCC1C(=O)c1sccc1Br. The van der Waals surface area contributed by atoms with Crippen LogP contribution >= 0.6 is 27.3 Å². The molecule has 1 aromatic heterocycles. The first-order valence-corrected chi connectivity index (χ1v) is 7.40. The summed E-state index contributed by atoms with van der Waals surface area (Å²) in [5.74, 6) is 0.258. The average Bonchev–Trinajstić information content (AvgIpc) is 2.56. The van der Waals surface area contributed by atoms with Crippen LogP contribution in [0, 0.1) is 5.92 Å². The normalized spacial score (nSPS) is 26.4. The van der Waals surface area contributed by atoms with Crippen molar-refractivity contribution in [3.63, 3.8) is 0 Å². The predicted molar refractivity (Wildman–Crippen MR) is 70.9 cm³/mol. The van der Waals surface area contributed by atoms with E-state index in [1.165, 1.54) is 17.8 Å². The maximum absolute atomic E-state index is 12.3. The molecule has 0 amide bonds. The molecule has 2 rings (SSSR count). The molecule has 0 saturated heterocycles. The highest BCUT2D eigenvalue weighted by Crippen LogP contribution is 2.30. The van der Waals surface area contributed by atoms with Gasteiger partial charge in [-0.05, 0) is 40.2 Å². The fourth-order valence-corrected chi connectivity index (χ4v) is 3.87. The minimum absolute atomic E-state index is 0.0254. The van der Waals surface area contributed by atoms with Crippen LogP contribution in [-0.4, -0.2) is 11.8 Å². The first-order valence-electron chi connectivity index (χ1n) is 5.73. The Bertz CT molecular complexity index is 377. The Labute approximate surface area is 108 Å². The van der Waals surface area contributed by atoms with Crippen LogP contribution in [0.25, 0.3) is 0 Å². The van der Waals surface area contributed by atoms with E-state index in [2.05, 4.69) is 15.9 Å². The van der Waals surface area contributed by atoms with Crippen molar-refractivity contribution in [2.45, 2.75) is 38.1 Å². The number of hydrogen-bond donors (Lipinski definition) is 1. The third-order valence-corrected chi connectivity index (χ3v) is 5.10. The summed E-state index contributed by atoms with van der Waals surface area (Å²) >= 11 is 4.93. The summed E-state index contributed by atoms with van der Waals surface area (Å²) in [6.45, 7) is 0. The van der Waals surface area contributed by atoms with Crippen LogP contribution in [0.2, 0.25) is 0 Å². The molecule has 2 N–H and O–H groups in total. The van der Waals surface area contributed by atoms with E-state index >= 15 is 0 Å². The molecule has 0 radical (unpaired) electrons. The zero-order valence-electron chi connectivity index (χ0n) is 9.12. The van der Waals surface area contributed by atoms with Crippen LogP contribution in [0.4, 0.5) is 0 Å². The van der Waals surface area contributed by atoms with Crippen molar-refractivity contribution in [1.29, 1.82) is 0 Å². The second kappa shape index (κ2) is 5.43. The van der Waals surface area contributed by atoms with E-state index in [1.54, 1.807) is 0 Å². The quantitative estimate of drug-likeness (QED) is 0.670. The summed E-state index contributed by atoms with van der Waals surface area (Å²) in [5, 5.41) is 1.94. The molecule has 2 nitrogen and oxygen atoms in total. The Balaban J connectivity index is 2.17. The Hall–Kier alpha value is -0.190. The number of carbonyl (C=O) groups excluding carboxylic acids is 1. The first-order chi connectivity index (χ1) is 7.70. The van der Waals surface area contributed by atoms with Gasteiger partial charge in [-0.2, -0.15) is 0 Å². The molecule has 1 heterocycles. The highest BCUT2D eigenvalue weighted by Gasteiger charge is 2.29. The monoisotopic (exact) mass is 301 g/mol. The number of Topliss-reactive ketones (excluding diaryl/α,β-unsaturated/α-hetero) is 1. The van der Waals surface area contributed by atoms with Crippen molar-refractivity contribution < 1.29 is 4.79 Å². The third kappa shape index (κ3) is 2.55. The van der Waals surface area contributed by atoms with Crippen molar-refractivity contribution in [3.8, 4) is 0 Å². The van der Waals surface area contributed by atoms with Gasteiger partial charge in [-0.3, -0.25) is 4.79 Å². The van der Waals surface area contributed by atoms with Gasteiger partial charge in [0.25, 0.3) is 0 Å². The van der Waals surface area contributed by atoms with Gasteiger partial charge >= 0.3 is 0 Å². The summed E-state index contributed by atoms with van der Waals surface area (Å²) in [5.41, 5.74) is 6.10. The molecule has 1 aliphatic rings. The molecule has 16 heavy (non-hydrogen) atoms. The maximum atomic E-state index is 12.3. The lowest BCUT2D eigenvalue weighted by atomic mass is 9.90. The number of nitrogens with two attached hydrogens (primary N) is 1. The van der Waals surface area contributed by atoms with Gasteiger partial charge in [0, 0.05) is 16.4 Å². The lowest BCUT2D eigenvalue weighted by Gasteiger charge is -2.19.